The Bertz CT molecular complexity index is 3330. The number of fused-ring (bicyclic) bond motifs is 2. The second-order valence-corrected chi connectivity index (χ2v) is 22.8. The van der Waals surface area contributed by atoms with E-state index >= 15 is 0 Å². The van der Waals surface area contributed by atoms with Gasteiger partial charge in [0.2, 0.25) is 0 Å². The van der Waals surface area contributed by atoms with Crippen molar-refractivity contribution in [2.24, 2.45) is 0 Å². The Morgan fingerprint density at radius 3 is 1.53 bits per heavy atom. The number of phenols is 1. The number of aromatic hydroxyl groups is 1. The molecule has 0 saturated heterocycles. The molecule has 2 amide bonds. The fraction of sp³-hybridized carbons (Fsp3) is 0.386. The molecule has 0 unspecified atom stereocenters. The Kier molecular flexibility index (Phi) is 18.7. The third-order valence-electron chi connectivity index (χ3n) is 9.37. The Labute approximate surface area is 428 Å². The van der Waals surface area contributed by atoms with E-state index in [9.17, 15) is 79.5 Å². The third kappa shape index (κ3) is 17.6. The van der Waals surface area contributed by atoms with Gasteiger partial charge < -0.3 is 33.1 Å². The van der Waals surface area contributed by atoms with Crippen LogP contribution in [0.25, 0.3) is 44.1 Å². The normalized spacial score (nSPS) is 12.8. The molecule has 0 spiro atoms. The van der Waals surface area contributed by atoms with Crippen molar-refractivity contribution in [3.8, 4) is 33.8 Å². The lowest BCUT2D eigenvalue weighted by atomic mass is 10.1. The van der Waals surface area contributed by atoms with Gasteiger partial charge in [0, 0.05) is 97.7 Å². The molecule has 0 bridgehead atoms. The predicted molar refractivity (Wildman–Crippen MR) is 254 cm³/mol. The minimum absolute atomic E-state index is 0.226. The van der Waals surface area contributed by atoms with E-state index in [1.165, 1.54) is 11.0 Å². The quantitative estimate of drug-likeness (QED) is 0.0681. The van der Waals surface area contributed by atoms with Crippen LogP contribution in [0.2, 0.25) is 0 Å². The van der Waals surface area contributed by atoms with Crippen LogP contribution in [0.15, 0.2) is 91.8 Å². The molecular formula is C44H48F9N7O13S3. The molecule has 0 radical (unpaired) electrons. The Hall–Kier alpha value is -6.93. The fourth-order valence-electron chi connectivity index (χ4n) is 5.73. The highest BCUT2D eigenvalue weighted by Crippen LogP contribution is 2.33. The molecule has 2 aromatic carbocycles. The molecule has 0 aliphatic rings. The van der Waals surface area contributed by atoms with Crippen molar-refractivity contribution in [3.63, 3.8) is 0 Å². The standard InChI is InChI=1S/C21H23F3N4O5S.C21H25N3O3.C2F6O5S2/c1-20(2,3)32-19(29)27(4)7-8-28-13-16(12-26-28)15-9-14-10-17(5-6-18(14)25-11-15)33-34(30,31)21(22,23)24;1-21(2,3)27-20(26)23(4)9-10-24-8-7-15(14-24)17-11-16-12-18(25)5-6-19(16)22-13-17;3-1(4,5)14(9,10)13-15(11,12)2(6,7)8/h5-6,9-13H,7-8H2,1-4H3;5-8,11-14,25H,9-10H2,1-4H3;. The molecule has 4 aromatic heterocycles. The van der Waals surface area contributed by atoms with E-state index in [4.69, 9.17) is 9.47 Å². The van der Waals surface area contributed by atoms with Crippen molar-refractivity contribution in [3.05, 3.63) is 91.8 Å². The lowest BCUT2D eigenvalue weighted by molar-refractivity contribution is -0.0586. The summed E-state index contributed by atoms with van der Waals surface area (Å²) in [5, 5.41) is 15.2. The zero-order chi connectivity index (χ0) is 57.6. The van der Waals surface area contributed by atoms with Gasteiger partial charge in [-0.3, -0.25) is 14.6 Å². The van der Waals surface area contributed by atoms with E-state index in [0.717, 1.165) is 34.2 Å². The van der Waals surface area contributed by atoms with E-state index in [1.807, 2.05) is 59.7 Å². The summed E-state index contributed by atoms with van der Waals surface area (Å²) in [4.78, 5) is 35.8. The highest BCUT2D eigenvalue weighted by Gasteiger charge is 2.57. The average Bonchev–Trinajstić information content (AvgIpc) is 3.95. The van der Waals surface area contributed by atoms with Crippen LogP contribution in [-0.2, 0) is 56.5 Å². The number of carbonyl (C=O) groups is 2. The number of phenolic OH excluding ortho intramolecular Hbond substituents is 1. The van der Waals surface area contributed by atoms with Gasteiger partial charge in [-0.15, -0.1) is 3.63 Å². The maximum Gasteiger partial charge on any atom is 0.534 e. The van der Waals surface area contributed by atoms with Gasteiger partial charge in [-0.2, -0.15) is 69.9 Å². The monoisotopic (exact) mass is 1150 g/mol. The van der Waals surface area contributed by atoms with Crippen molar-refractivity contribution >= 4 is 64.3 Å². The maximum atomic E-state index is 12.6. The summed E-state index contributed by atoms with van der Waals surface area (Å²) in [6, 6.07) is 14.4. The van der Waals surface area contributed by atoms with Crippen LogP contribution in [0.4, 0.5) is 49.1 Å². The van der Waals surface area contributed by atoms with Gasteiger partial charge in [0.25, 0.3) is 0 Å². The van der Waals surface area contributed by atoms with E-state index < -0.39 is 69.9 Å². The lowest BCUT2D eigenvalue weighted by Gasteiger charge is -2.24. The number of alkyl halides is 9. The molecule has 4 heterocycles. The van der Waals surface area contributed by atoms with Crippen molar-refractivity contribution in [2.75, 3.05) is 27.2 Å². The number of nitrogens with zero attached hydrogens (tertiary/aromatic N) is 7. The molecule has 76 heavy (non-hydrogen) atoms. The molecule has 418 valence electrons. The van der Waals surface area contributed by atoms with E-state index in [2.05, 4.69) is 19.2 Å². The van der Waals surface area contributed by atoms with Gasteiger partial charge in [0.05, 0.1) is 23.8 Å². The summed E-state index contributed by atoms with van der Waals surface area (Å²) >= 11 is 0. The maximum absolute atomic E-state index is 12.6. The summed E-state index contributed by atoms with van der Waals surface area (Å²) in [6.45, 7) is 12.9. The highest BCUT2D eigenvalue weighted by molar-refractivity contribution is 8.00. The minimum atomic E-state index is -6.85. The van der Waals surface area contributed by atoms with E-state index in [0.29, 0.717) is 48.2 Å². The molecule has 6 aromatic rings. The molecule has 0 fully saturated rings. The van der Waals surface area contributed by atoms with Gasteiger partial charge in [-0.05, 0) is 96.1 Å². The number of ether oxygens (including phenoxy) is 2. The molecule has 20 nitrogen and oxygen atoms in total. The number of carbonyl (C=O) groups excluding carboxylic acids is 2. The molecule has 1 N–H and O–H groups in total. The molecule has 0 aliphatic heterocycles. The van der Waals surface area contributed by atoms with Crippen molar-refractivity contribution in [2.45, 2.75) is 82.4 Å². The number of benzene rings is 2. The third-order valence-corrected chi connectivity index (χ3v) is 12.9. The van der Waals surface area contributed by atoms with Crippen LogP contribution in [0.1, 0.15) is 41.5 Å². The number of hydrogen-bond acceptors (Lipinski definition) is 16. The van der Waals surface area contributed by atoms with Crippen molar-refractivity contribution in [1.29, 1.82) is 0 Å². The highest BCUT2D eigenvalue weighted by atomic mass is 32.3. The number of pyridine rings is 2. The number of likely N-dealkylation sites (N-methyl/N-ethyl adjacent to an activating group) is 2. The second-order valence-electron chi connectivity index (χ2n) is 18.0. The lowest BCUT2D eigenvalue weighted by Crippen LogP contribution is -2.35. The van der Waals surface area contributed by atoms with Gasteiger partial charge in [0.15, 0.2) is 0 Å². The largest absolute Gasteiger partial charge is 0.534 e. The van der Waals surface area contributed by atoms with Crippen molar-refractivity contribution < 1.29 is 96.7 Å². The first-order valence-electron chi connectivity index (χ1n) is 21.5. The van der Waals surface area contributed by atoms with Gasteiger partial charge in [-0.25, -0.2) is 9.59 Å². The number of hydrogen-bond donors (Lipinski definition) is 1. The first kappa shape index (κ1) is 61.6. The van der Waals surface area contributed by atoms with Crippen LogP contribution in [0.3, 0.4) is 0 Å². The van der Waals surface area contributed by atoms with Crippen LogP contribution >= 0.6 is 0 Å². The van der Waals surface area contributed by atoms with Crippen LogP contribution in [0.5, 0.6) is 11.5 Å². The van der Waals surface area contributed by atoms with E-state index in [-0.39, 0.29) is 11.8 Å². The average molecular weight is 1150 g/mol. The Morgan fingerprint density at radius 1 is 0.579 bits per heavy atom. The first-order valence-corrected chi connectivity index (χ1v) is 25.7. The molecular weight excluding hydrogens is 1100 g/mol. The molecule has 0 aliphatic carbocycles. The van der Waals surface area contributed by atoms with E-state index in [1.54, 1.807) is 87.3 Å². The van der Waals surface area contributed by atoms with Crippen molar-refractivity contribution in [1.82, 2.24) is 34.1 Å². The molecule has 32 heteroatoms. The molecule has 0 atom stereocenters. The fourth-order valence-corrected chi connectivity index (χ4v) is 7.74. The van der Waals surface area contributed by atoms with Gasteiger partial charge in [0.1, 0.15) is 22.7 Å². The summed E-state index contributed by atoms with van der Waals surface area (Å²) in [5.41, 5.74) is -14.6. The second kappa shape index (κ2) is 23.1. The Balaban J connectivity index is 0.000000265. The minimum Gasteiger partial charge on any atom is -0.508 e. The zero-order valence-corrected chi connectivity index (χ0v) is 43.5. The predicted octanol–water partition coefficient (Wildman–Crippen LogP) is 9.17. The SMILES string of the molecule is CN(CCn1cc(-c2cnc3ccc(OS(=O)(=O)C(F)(F)F)cc3c2)cn1)C(=O)OC(C)(C)C.CN(CCn1ccc(-c2cnc3ccc(O)cc3c2)c1)C(=O)OC(C)(C)C.O=S(=O)(OS(=O)(=O)C(F)(F)F)C(F)(F)F. The summed E-state index contributed by atoms with van der Waals surface area (Å²) < 4.78 is 189. The van der Waals surface area contributed by atoms with Crippen LogP contribution in [0, 0.1) is 0 Å². The smallest absolute Gasteiger partial charge is 0.508 e. The number of rotatable bonds is 12. The first-order chi connectivity index (χ1) is 34.6. The van der Waals surface area contributed by atoms with Crippen LogP contribution in [-0.4, -0.2) is 132 Å². The number of amides is 2. The summed E-state index contributed by atoms with van der Waals surface area (Å²) in [6.07, 6.45) is 9.90. The van der Waals surface area contributed by atoms with Gasteiger partial charge >= 0.3 is 59.1 Å². The molecule has 6 rings (SSSR count). The number of halogens is 9. The molecule has 0 saturated carbocycles. The summed E-state index contributed by atoms with van der Waals surface area (Å²) in [5.74, 6) is -0.256. The Morgan fingerprint density at radius 2 is 1.04 bits per heavy atom. The topological polar surface area (TPSA) is 249 Å². The van der Waals surface area contributed by atoms with Crippen LogP contribution < -0.4 is 4.18 Å². The zero-order valence-electron chi connectivity index (χ0n) is 41.1. The summed E-state index contributed by atoms with van der Waals surface area (Å²) in [7, 11) is -16.1. The van der Waals surface area contributed by atoms with Gasteiger partial charge in [-0.1, -0.05) is 0 Å². The number of aromatic nitrogens is 5.